The Kier molecular flexibility index (Phi) is 3.34. The number of pyridine rings is 1. The van der Waals surface area contributed by atoms with Gasteiger partial charge in [0.1, 0.15) is 10.6 Å². The summed E-state index contributed by atoms with van der Waals surface area (Å²) in [6, 6.07) is 1.61. The number of carbonyl (C=O) groups is 1. The molecule has 0 fully saturated rings. The average Bonchev–Trinajstić information content (AvgIpc) is 2.83. The Hall–Kier alpha value is -1.95. The number of nitrogens with one attached hydrogen (secondary N) is 1. The van der Waals surface area contributed by atoms with Crippen LogP contribution in [0.5, 0.6) is 0 Å². The number of aromatic nitrogens is 2. The molecule has 0 aliphatic rings. The lowest BCUT2D eigenvalue weighted by atomic mass is 10.2. The van der Waals surface area contributed by atoms with E-state index < -0.39 is 5.97 Å². The van der Waals surface area contributed by atoms with Crippen molar-refractivity contribution in [1.82, 2.24) is 9.97 Å². The van der Waals surface area contributed by atoms with Crippen LogP contribution in [0.4, 0.5) is 5.69 Å². The Morgan fingerprint density at radius 2 is 2.35 bits per heavy atom. The first-order valence-corrected chi connectivity index (χ1v) is 5.89. The molecule has 0 aromatic carbocycles. The number of aromatic carboxylic acids is 1. The van der Waals surface area contributed by atoms with Gasteiger partial charge in [0.15, 0.2) is 0 Å². The molecule has 0 aliphatic carbocycles. The predicted molar refractivity (Wildman–Crippen MR) is 65.3 cm³/mol. The van der Waals surface area contributed by atoms with E-state index in [-0.39, 0.29) is 11.6 Å². The molecular weight excluding hydrogens is 238 g/mol. The van der Waals surface area contributed by atoms with Gasteiger partial charge in [-0.15, -0.1) is 11.3 Å². The van der Waals surface area contributed by atoms with E-state index in [0.717, 1.165) is 5.01 Å². The third-order valence-electron chi connectivity index (χ3n) is 2.25. The largest absolute Gasteiger partial charge is 0.478 e. The highest BCUT2D eigenvalue weighted by atomic mass is 32.1. The summed E-state index contributed by atoms with van der Waals surface area (Å²) in [6.07, 6.45) is 4.62. The molecule has 5 nitrogen and oxygen atoms in total. The van der Waals surface area contributed by atoms with E-state index in [1.807, 2.05) is 12.3 Å². The number of hydrogen-bond acceptors (Lipinski definition) is 5. The lowest BCUT2D eigenvalue weighted by molar-refractivity contribution is 0.0697. The highest BCUT2D eigenvalue weighted by Crippen LogP contribution is 2.22. The molecule has 17 heavy (non-hydrogen) atoms. The second-order valence-corrected chi connectivity index (χ2v) is 4.39. The molecule has 2 N–H and O–H groups in total. The Balaban J connectivity index is 2.21. The quantitative estimate of drug-likeness (QED) is 0.870. The summed E-state index contributed by atoms with van der Waals surface area (Å²) < 4.78 is 0. The second kappa shape index (κ2) is 4.92. The van der Waals surface area contributed by atoms with Crippen molar-refractivity contribution < 1.29 is 9.90 Å². The fraction of sp³-hybridized carbons (Fsp3) is 0.182. The summed E-state index contributed by atoms with van der Waals surface area (Å²) in [5.41, 5.74) is 0.714. The Morgan fingerprint density at radius 1 is 1.53 bits per heavy atom. The van der Waals surface area contributed by atoms with E-state index >= 15 is 0 Å². The van der Waals surface area contributed by atoms with Crippen LogP contribution in [0, 0.1) is 0 Å². The summed E-state index contributed by atoms with van der Waals surface area (Å²) in [5.74, 6) is -0.994. The van der Waals surface area contributed by atoms with Gasteiger partial charge in [0.05, 0.1) is 11.7 Å². The Bertz CT molecular complexity index is 513. The average molecular weight is 249 g/mol. The van der Waals surface area contributed by atoms with Gasteiger partial charge in [0.2, 0.25) is 0 Å². The summed E-state index contributed by atoms with van der Waals surface area (Å²) in [7, 11) is 0. The highest BCUT2D eigenvalue weighted by Gasteiger charge is 2.13. The number of carboxylic acids is 1. The normalized spacial score (nSPS) is 12.1. The molecular formula is C11H11N3O2S. The van der Waals surface area contributed by atoms with Crippen molar-refractivity contribution in [1.29, 1.82) is 0 Å². The van der Waals surface area contributed by atoms with Gasteiger partial charge in [-0.05, 0) is 13.0 Å². The molecule has 0 bridgehead atoms. The molecule has 0 saturated carbocycles. The van der Waals surface area contributed by atoms with E-state index in [1.165, 1.54) is 17.5 Å². The number of rotatable bonds is 4. The van der Waals surface area contributed by atoms with Crippen LogP contribution in [0.3, 0.4) is 0 Å². The van der Waals surface area contributed by atoms with Crippen molar-refractivity contribution in [3.63, 3.8) is 0 Å². The first-order chi connectivity index (χ1) is 8.18. The lowest BCUT2D eigenvalue weighted by Crippen LogP contribution is -2.10. The van der Waals surface area contributed by atoms with Crippen LogP contribution in [0.15, 0.2) is 30.0 Å². The van der Waals surface area contributed by atoms with Gasteiger partial charge >= 0.3 is 5.97 Å². The minimum absolute atomic E-state index is 0.0319. The minimum Gasteiger partial charge on any atom is -0.478 e. The highest BCUT2D eigenvalue weighted by molar-refractivity contribution is 7.09. The smallest absolute Gasteiger partial charge is 0.339 e. The molecule has 0 amide bonds. The van der Waals surface area contributed by atoms with Crippen LogP contribution in [-0.4, -0.2) is 21.0 Å². The van der Waals surface area contributed by atoms with Crippen molar-refractivity contribution >= 4 is 23.0 Å². The molecule has 0 saturated heterocycles. The molecule has 88 valence electrons. The number of hydrogen-bond donors (Lipinski definition) is 2. The molecule has 2 rings (SSSR count). The number of thiazole rings is 1. The molecule has 1 unspecified atom stereocenters. The van der Waals surface area contributed by atoms with Gasteiger partial charge in [-0.3, -0.25) is 4.98 Å². The molecule has 2 aromatic rings. The summed E-state index contributed by atoms with van der Waals surface area (Å²) >= 11 is 1.53. The molecule has 6 heteroatoms. The fourth-order valence-corrected chi connectivity index (χ4v) is 2.08. The van der Waals surface area contributed by atoms with Crippen LogP contribution in [0.1, 0.15) is 28.3 Å². The van der Waals surface area contributed by atoms with Crippen molar-refractivity contribution in [3.8, 4) is 0 Å². The van der Waals surface area contributed by atoms with Crippen LogP contribution < -0.4 is 5.32 Å². The zero-order valence-electron chi connectivity index (χ0n) is 9.12. The fourth-order valence-electron chi connectivity index (χ4n) is 1.43. The maximum Gasteiger partial charge on any atom is 0.339 e. The Morgan fingerprint density at radius 3 is 3.00 bits per heavy atom. The first-order valence-electron chi connectivity index (χ1n) is 5.01. The van der Waals surface area contributed by atoms with Gasteiger partial charge in [-0.25, -0.2) is 9.78 Å². The maximum atomic E-state index is 11.0. The van der Waals surface area contributed by atoms with Gasteiger partial charge in [-0.1, -0.05) is 0 Å². The van der Waals surface area contributed by atoms with Crippen molar-refractivity contribution in [2.24, 2.45) is 0 Å². The summed E-state index contributed by atoms with van der Waals surface area (Å²) in [6.45, 7) is 1.94. The zero-order chi connectivity index (χ0) is 12.3. The first kappa shape index (κ1) is 11.5. The molecule has 1 atom stereocenters. The van der Waals surface area contributed by atoms with Crippen LogP contribution in [-0.2, 0) is 0 Å². The van der Waals surface area contributed by atoms with Gasteiger partial charge < -0.3 is 10.4 Å². The third-order valence-corrected chi connectivity index (χ3v) is 3.20. The van der Waals surface area contributed by atoms with Crippen molar-refractivity contribution in [3.05, 3.63) is 40.6 Å². The van der Waals surface area contributed by atoms with Gasteiger partial charge in [0, 0.05) is 24.0 Å². The SMILES string of the molecule is CC(Nc1ccncc1C(=O)O)c1nccs1. The van der Waals surface area contributed by atoms with E-state index in [1.54, 1.807) is 18.5 Å². The molecule has 0 spiro atoms. The maximum absolute atomic E-state index is 11.0. The third kappa shape index (κ3) is 2.59. The van der Waals surface area contributed by atoms with Gasteiger partial charge in [0.25, 0.3) is 0 Å². The molecule has 0 aliphatic heterocycles. The zero-order valence-corrected chi connectivity index (χ0v) is 9.94. The van der Waals surface area contributed by atoms with Gasteiger partial charge in [-0.2, -0.15) is 0 Å². The van der Waals surface area contributed by atoms with E-state index in [4.69, 9.17) is 5.11 Å². The van der Waals surface area contributed by atoms with Crippen LogP contribution in [0.2, 0.25) is 0 Å². The summed E-state index contributed by atoms with van der Waals surface area (Å²) in [4.78, 5) is 19.0. The van der Waals surface area contributed by atoms with E-state index in [0.29, 0.717) is 5.69 Å². The minimum atomic E-state index is -0.994. The molecule has 2 aromatic heterocycles. The molecule has 2 heterocycles. The van der Waals surface area contributed by atoms with E-state index in [9.17, 15) is 4.79 Å². The molecule has 0 radical (unpaired) electrons. The standard InChI is InChI=1S/C11H11N3O2S/c1-7(10-13-4-5-17-10)14-9-2-3-12-6-8(9)11(15)16/h2-7H,1H3,(H,12,14)(H,15,16). The van der Waals surface area contributed by atoms with Crippen molar-refractivity contribution in [2.45, 2.75) is 13.0 Å². The number of nitrogens with zero attached hydrogens (tertiary/aromatic N) is 2. The lowest BCUT2D eigenvalue weighted by Gasteiger charge is -2.14. The van der Waals surface area contributed by atoms with Crippen molar-refractivity contribution in [2.75, 3.05) is 5.32 Å². The predicted octanol–water partition coefficient (Wildman–Crippen LogP) is 2.41. The van der Waals surface area contributed by atoms with E-state index in [2.05, 4.69) is 15.3 Å². The second-order valence-electron chi connectivity index (χ2n) is 3.46. The topological polar surface area (TPSA) is 75.1 Å². The van der Waals surface area contributed by atoms with Crippen LogP contribution >= 0.6 is 11.3 Å². The number of anilines is 1. The number of carboxylic acid groups (broad SMARTS) is 1. The Labute approximate surface area is 102 Å². The van der Waals surface area contributed by atoms with Crippen LogP contribution in [0.25, 0.3) is 0 Å². The summed E-state index contributed by atoms with van der Waals surface area (Å²) in [5, 5.41) is 14.9. The monoisotopic (exact) mass is 249 g/mol.